The van der Waals surface area contributed by atoms with E-state index in [1.165, 1.54) is 0 Å². The molecular formula is C12H17ClN2O3. The summed E-state index contributed by atoms with van der Waals surface area (Å²) >= 11 is 5.68. The summed E-state index contributed by atoms with van der Waals surface area (Å²) in [5, 5.41) is 5.15. The molecule has 1 rings (SSSR count). The molecule has 0 aliphatic rings. The summed E-state index contributed by atoms with van der Waals surface area (Å²) in [6.45, 7) is 5.36. The largest absolute Gasteiger partial charge is 0.456 e. The van der Waals surface area contributed by atoms with Crippen molar-refractivity contribution in [1.29, 1.82) is 0 Å². The van der Waals surface area contributed by atoms with E-state index >= 15 is 0 Å². The molecule has 0 saturated carbocycles. The molecule has 0 unspecified atom stereocenters. The summed E-state index contributed by atoms with van der Waals surface area (Å²) in [4.78, 5) is 23.0. The van der Waals surface area contributed by atoms with Crippen LogP contribution >= 0.6 is 11.6 Å². The highest BCUT2D eigenvalue weighted by Gasteiger charge is 2.14. The van der Waals surface area contributed by atoms with E-state index in [4.69, 9.17) is 16.0 Å². The molecule has 100 valence electrons. The summed E-state index contributed by atoms with van der Waals surface area (Å²) in [5.41, 5.74) is 0.772. The van der Waals surface area contributed by atoms with Crippen LogP contribution in [0.3, 0.4) is 0 Å². The maximum absolute atomic E-state index is 11.7. The fourth-order valence-electron chi connectivity index (χ4n) is 1.39. The minimum Gasteiger partial charge on any atom is -0.456 e. The highest BCUT2D eigenvalue weighted by Crippen LogP contribution is 2.16. The molecule has 1 heterocycles. The second kappa shape index (κ2) is 6.44. The van der Waals surface area contributed by atoms with Crippen LogP contribution in [-0.4, -0.2) is 24.4 Å². The number of halogens is 1. The van der Waals surface area contributed by atoms with Crippen LogP contribution in [0, 0.1) is 6.92 Å². The molecule has 5 nitrogen and oxygen atoms in total. The van der Waals surface area contributed by atoms with Gasteiger partial charge in [0.2, 0.25) is 5.91 Å². The molecule has 0 aliphatic heterocycles. The number of nitrogens with one attached hydrogen (secondary N) is 2. The van der Waals surface area contributed by atoms with Crippen molar-refractivity contribution >= 4 is 23.4 Å². The van der Waals surface area contributed by atoms with Gasteiger partial charge in [-0.2, -0.15) is 0 Å². The zero-order valence-corrected chi connectivity index (χ0v) is 11.4. The SMILES string of the molecule is Cc1oc(C(=O)NCC(=O)NC(C)C)cc1CCl. The first-order chi connectivity index (χ1) is 8.43. The lowest BCUT2D eigenvalue weighted by molar-refractivity contribution is -0.120. The van der Waals surface area contributed by atoms with Gasteiger partial charge in [0.25, 0.3) is 5.91 Å². The molecule has 0 aromatic carbocycles. The quantitative estimate of drug-likeness (QED) is 0.800. The summed E-state index contributed by atoms with van der Waals surface area (Å²) in [6, 6.07) is 1.63. The van der Waals surface area contributed by atoms with Gasteiger partial charge in [-0.15, -0.1) is 11.6 Å². The highest BCUT2D eigenvalue weighted by atomic mass is 35.5. The Bertz CT molecular complexity index is 441. The fourth-order valence-corrected chi connectivity index (χ4v) is 1.65. The number of carbonyl (C=O) groups is 2. The van der Waals surface area contributed by atoms with E-state index < -0.39 is 5.91 Å². The molecule has 1 aromatic heterocycles. The van der Waals surface area contributed by atoms with Gasteiger partial charge in [-0.1, -0.05) is 0 Å². The van der Waals surface area contributed by atoms with Crippen LogP contribution in [0.5, 0.6) is 0 Å². The van der Waals surface area contributed by atoms with Gasteiger partial charge in [-0.05, 0) is 26.8 Å². The predicted molar refractivity (Wildman–Crippen MR) is 68.6 cm³/mol. The molecule has 0 fully saturated rings. The van der Waals surface area contributed by atoms with E-state index in [-0.39, 0.29) is 30.1 Å². The summed E-state index contributed by atoms with van der Waals surface area (Å²) < 4.78 is 5.25. The van der Waals surface area contributed by atoms with Gasteiger partial charge in [0.15, 0.2) is 5.76 Å². The first kappa shape index (κ1) is 14.6. The lowest BCUT2D eigenvalue weighted by Gasteiger charge is -2.08. The van der Waals surface area contributed by atoms with Crippen LogP contribution in [0.4, 0.5) is 0 Å². The molecule has 6 heteroatoms. The second-order valence-corrected chi connectivity index (χ2v) is 4.50. The van der Waals surface area contributed by atoms with Gasteiger partial charge in [0.1, 0.15) is 5.76 Å². The van der Waals surface area contributed by atoms with E-state index in [1.54, 1.807) is 13.0 Å². The van der Waals surface area contributed by atoms with Gasteiger partial charge in [0, 0.05) is 11.6 Å². The molecule has 0 aliphatic carbocycles. The molecule has 2 amide bonds. The topological polar surface area (TPSA) is 71.3 Å². The molecule has 0 atom stereocenters. The van der Waals surface area contributed by atoms with Crippen molar-refractivity contribution in [3.05, 3.63) is 23.2 Å². The van der Waals surface area contributed by atoms with Crippen molar-refractivity contribution in [2.75, 3.05) is 6.54 Å². The van der Waals surface area contributed by atoms with Crippen LogP contribution in [0.25, 0.3) is 0 Å². The Morgan fingerprint density at radius 3 is 2.61 bits per heavy atom. The lowest BCUT2D eigenvalue weighted by Crippen LogP contribution is -2.39. The monoisotopic (exact) mass is 272 g/mol. The third-order valence-corrected chi connectivity index (χ3v) is 2.54. The number of alkyl halides is 1. The Hall–Kier alpha value is -1.49. The third kappa shape index (κ3) is 4.07. The third-order valence-electron chi connectivity index (χ3n) is 2.25. The van der Waals surface area contributed by atoms with Gasteiger partial charge in [-0.25, -0.2) is 0 Å². The maximum Gasteiger partial charge on any atom is 0.287 e. The predicted octanol–water partition coefficient (Wildman–Crippen LogP) is 1.58. The van der Waals surface area contributed by atoms with Crippen LogP contribution in [0.15, 0.2) is 10.5 Å². The highest BCUT2D eigenvalue weighted by molar-refractivity contribution is 6.17. The Morgan fingerprint density at radius 1 is 1.44 bits per heavy atom. The van der Waals surface area contributed by atoms with Crippen LogP contribution in [-0.2, 0) is 10.7 Å². The Morgan fingerprint density at radius 2 is 2.11 bits per heavy atom. The van der Waals surface area contributed by atoms with E-state index in [1.807, 2.05) is 13.8 Å². The minimum absolute atomic E-state index is 0.0445. The zero-order valence-electron chi connectivity index (χ0n) is 10.7. The molecule has 1 aromatic rings. The summed E-state index contributed by atoms with van der Waals surface area (Å²) in [6.07, 6.45) is 0. The number of hydrogen-bond donors (Lipinski definition) is 2. The van der Waals surface area contributed by atoms with Gasteiger partial charge < -0.3 is 15.1 Å². The van der Waals surface area contributed by atoms with Crippen LogP contribution in [0.1, 0.15) is 35.7 Å². The number of furan rings is 1. The van der Waals surface area contributed by atoms with E-state index in [9.17, 15) is 9.59 Å². The lowest BCUT2D eigenvalue weighted by atomic mass is 10.3. The van der Waals surface area contributed by atoms with Crippen molar-refractivity contribution in [2.24, 2.45) is 0 Å². The summed E-state index contributed by atoms with van der Waals surface area (Å²) in [7, 11) is 0. The molecule has 0 spiro atoms. The first-order valence-corrected chi connectivity index (χ1v) is 6.20. The molecule has 0 radical (unpaired) electrons. The van der Waals surface area contributed by atoms with Gasteiger partial charge >= 0.3 is 0 Å². The number of carbonyl (C=O) groups excluding carboxylic acids is 2. The fraction of sp³-hybridized carbons (Fsp3) is 0.500. The van der Waals surface area contributed by atoms with Crippen molar-refractivity contribution in [2.45, 2.75) is 32.7 Å². The minimum atomic E-state index is -0.423. The number of hydrogen-bond acceptors (Lipinski definition) is 3. The van der Waals surface area contributed by atoms with Crippen LogP contribution in [0.2, 0.25) is 0 Å². The van der Waals surface area contributed by atoms with Crippen LogP contribution < -0.4 is 10.6 Å². The van der Waals surface area contributed by atoms with E-state index in [2.05, 4.69) is 10.6 Å². The maximum atomic E-state index is 11.7. The van der Waals surface area contributed by atoms with E-state index in [0.29, 0.717) is 5.76 Å². The molecule has 0 saturated heterocycles. The van der Waals surface area contributed by atoms with Crippen molar-refractivity contribution < 1.29 is 14.0 Å². The number of rotatable bonds is 5. The van der Waals surface area contributed by atoms with Crippen molar-refractivity contribution in [3.8, 4) is 0 Å². The molecule has 0 bridgehead atoms. The standard InChI is InChI=1S/C12H17ClN2O3/c1-7(2)15-11(16)6-14-12(17)10-4-9(5-13)8(3)18-10/h4,7H,5-6H2,1-3H3,(H,14,17)(H,15,16). The average Bonchev–Trinajstić information content (AvgIpc) is 2.66. The first-order valence-electron chi connectivity index (χ1n) is 5.67. The number of amides is 2. The Balaban J connectivity index is 2.52. The van der Waals surface area contributed by atoms with E-state index in [0.717, 1.165) is 5.56 Å². The zero-order chi connectivity index (χ0) is 13.7. The van der Waals surface area contributed by atoms with Gasteiger partial charge in [0.05, 0.1) is 12.4 Å². The molecule has 2 N–H and O–H groups in total. The molecule has 18 heavy (non-hydrogen) atoms. The normalized spacial score (nSPS) is 10.5. The number of aryl methyl sites for hydroxylation is 1. The van der Waals surface area contributed by atoms with Crippen molar-refractivity contribution in [3.63, 3.8) is 0 Å². The molecular weight excluding hydrogens is 256 g/mol. The smallest absolute Gasteiger partial charge is 0.287 e. The van der Waals surface area contributed by atoms with Gasteiger partial charge in [-0.3, -0.25) is 9.59 Å². The average molecular weight is 273 g/mol. The Kier molecular flexibility index (Phi) is 5.22. The second-order valence-electron chi connectivity index (χ2n) is 4.23. The van der Waals surface area contributed by atoms with Crippen molar-refractivity contribution in [1.82, 2.24) is 10.6 Å². The Labute approximate surface area is 111 Å². The summed E-state index contributed by atoms with van der Waals surface area (Å²) in [5.74, 6) is 0.408.